The maximum Gasteiger partial charge on any atom is 0.356 e. The van der Waals surface area contributed by atoms with Crippen molar-refractivity contribution in [2.45, 2.75) is 31.8 Å². The summed E-state index contributed by atoms with van der Waals surface area (Å²) in [5, 5.41) is 10.1. The number of rotatable bonds is 3. The molecule has 0 spiro atoms. The van der Waals surface area contributed by atoms with Crippen molar-refractivity contribution < 1.29 is 18.7 Å². The van der Waals surface area contributed by atoms with Crippen LogP contribution in [-0.2, 0) is 13.6 Å². The molecular weight excluding hydrogens is 203 g/mol. The van der Waals surface area contributed by atoms with Gasteiger partial charge in [-0.2, -0.15) is 0 Å². The molecule has 1 N–H and O–H groups in total. The van der Waals surface area contributed by atoms with Gasteiger partial charge in [-0.05, 0) is 25.3 Å². The molecule has 0 saturated heterocycles. The Bertz CT molecular complexity index is 254. The van der Waals surface area contributed by atoms with Crippen LogP contribution in [0.5, 0.6) is 0 Å². The van der Waals surface area contributed by atoms with E-state index in [4.69, 9.17) is 9.05 Å². The van der Waals surface area contributed by atoms with E-state index in [1.165, 1.54) is 14.2 Å². The fourth-order valence-electron chi connectivity index (χ4n) is 1.59. The van der Waals surface area contributed by atoms with Crippen LogP contribution in [0.3, 0.4) is 0 Å². The molecule has 0 aromatic carbocycles. The Kier molecular flexibility index (Phi) is 4.32. The third-order valence-corrected chi connectivity index (χ3v) is 4.44. The van der Waals surface area contributed by atoms with E-state index in [-0.39, 0.29) is 0 Å². The molecule has 0 bridgehead atoms. The van der Waals surface area contributed by atoms with Gasteiger partial charge in [0.2, 0.25) is 0 Å². The highest BCUT2D eigenvalue weighted by Gasteiger charge is 2.28. The highest BCUT2D eigenvalue weighted by atomic mass is 31.2. The minimum absolute atomic E-state index is 0.522. The summed E-state index contributed by atoms with van der Waals surface area (Å²) in [6.45, 7) is 0. The summed E-state index contributed by atoms with van der Waals surface area (Å²) in [6, 6.07) is 0. The molecule has 0 amide bonds. The zero-order valence-electron chi connectivity index (χ0n) is 8.60. The smallest absolute Gasteiger partial charge is 0.356 e. The normalized spacial score (nSPS) is 24.2. The minimum Gasteiger partial charge on any atom is -0.389 e. The highest BCUT2D eigenvalue weighted by Crippen LogP contribution is 2.57. The standard InChI is InChI=1S/C9H17O4P/c1-12-14(11,13-2)9-6-4-3-5-8(10)7-9/h7-8,10H,3-6H2,1-2H3. The second kappa shape index (κ2) is 5.08. The molecule has 82 valence electrons. The maximum absolute atomic E-state index is 12.0. The van der Waals surface area contributed by atoms with Gasteiger partial charge in [-0.15, -0.1) is 0 Å². The van der Waals surface area contributed by atoms with Crippen molar-refractivity contribution in [3.05, 3.63) is 11.4 Å². The highest BCUT2D eigenvalue weighted by molar-refractivity contribution is 7.58. The molecule has 0 fully saturated rings. The van der Waals surface area contributed by atoms with Crippen molar-refractivity contribution >= 4 is 7.60 Å². The van der Waals surface area contributed by atoms with E-state index in [1.807, 2.05) is 0 Å². The molecule has 0 heterocycles. The van der Waals surface area contributed by atoms with Crippen LogP contribution in [-0.4, -0.2) is 25.4 Å². The van der Waals surface area contributed by atoms with E-state index in [2.05, 4.69) is 0 Å². The van der Waals surface area contributed by atoms with Crippen LogP contribution in [0.2, 0.25) is 0 Å². The zero-order valence-corrected chi connectivity index (χ0v) is 9.50. The molecule has 1 rings (SSSR count). The van der Waals surface area contributed by atoms with E-state index < -0.39 is 13.7 Å². The van der Waals surface area contributed by atoms with E-state index >= 15 is 0 Å². The van der Waals surface area contributed by atoms with Gasteiger partial charge in [0.25, 0.3) is 0 Å². The van der Waals surface area contributed by atoms with Crippen molar-refractivity contribution in [3.8, 4) is 0 Å². The Morgan fingerprint density at radius 1 is 1.43 bits per heavy atom. The molecule has 14 heavy (non-hydrogen) atoms. The first-order valence-corrected chi connectivity index (χ1v) is 6.27. The number of aliphatic hydroxyl groups is 1. The minimum atomic E-state index is -3.12. The van der Waals surface area contributed by atoms with E-state index in [9.17, 15) is 9.67 Å². The van der Waals surface area contributed by atoms with Crippen molar-refractivity contribution in [2.24, 2.45) is 0 Å². The third-order valence-electron chi connectivity index (χ3n) is 2.40. The van der Waals surface area contributed by atoms with Crippen molar-refractivity contribution in [3.63, 3.8) is 0 Å². The van der Waals surface area contributed by atoms with Crippen molar-refractivity contribution in [1.82, 2.24) is 0 Å². The van der Waals surface area contributed by atoms with Crippen LogP contribution in [0.1, 0.15) is 25.7 Å². The van der Waals surface area contributed by atoms with Gasteiger partial charge < -0.3 is 14.2 Å². The van der Waals surface area contributed by atoms with E-state index in [1.54, 1.807) is 6.08 Å². The zero-order chi connectivity index (χ0) is 10.6. The SMILES string of the molecule is COP(=O)(OC)C1=CC(O)CCCC1. The fourth-order valence-corrected chi connectivity index (χ4v) is 2.99. The lowest BCUT2D eigenvalue weighted by atomic mass is 10.2. The van der Waals surface area contributed by atoms with Crippen molar-refractivity contribution in [1.29, 1.82) is 0 Å². The molecule has 0 aromatic heterocycles. The largest absolute Gasteiger partial charge is 0.389 e. The third kappa shape index (κ3) is 2.67. The summed E-state index contributed by atoms with van der Waals surface area (Å²) in [5.41, 5.74) is 0. The molecule has 0 radical (unpaired) electrons. The average Bonchev–Trinajstić information content (AvgIpc) is 2.42. The van der Waals surface area contributed by atoms with E-state index in [0.29, 0.717) is 11.7 Å². The molecule has 0 saturated carbocycles. The second-order valence-electron chi connectivity index (χ2n) is 3.33. The van der Waals surface area contributed by atoms with Crippen LogP contribution in [0.15, 0.2) is 11.4 Å². The van der Waals surface area contributed by atoms with Crippen molar-refractivity contribution in [2.75, 3.05) is 14.2 Å². The van der Waals surface area contributed by atoms with Crippen LogP contribution >= 0.6 is 7.60 Å². The van der Waals surface area contributed by atoms with Gasteiger partial charge in [0.05, 0.1) is 6.10 Å². The van der Waals surface area contributed by atoms with Gasteiger partial charge in [-0.1, -0.05) is 6.42 Å². The van der Waals surface area contributed by atoms with Crippen LogP contribution in [0.25, 0.3) is 0 Å². The predicted octanol–water partition coefficient (Wildman–Crippen LogP) is 2.29. The van der Waals surface area contributed by atoms with Gasteiger partial charge in [0.1, 0.15) is 0 Å². The number of aliphatic hydroxyl groups excluding tert-OH is 1. The number of allylic oxidation sites excluding steroid dienone is 1. The van der Waals surface area contributed by atoms with Gasteiger partial charge >= 0.3 is 7.60 Å². The van der Waals surface area contributed by atoms with Gasteiger partial charge in [0.15, 0.2) is 0 Å². The first-order valence-electron chi connectivity index (χ1n) is 4.73. The summed E-state index contributed by atoms with van der Waals surface area (Å²) in [4.78, 5) is 0. The molecule has 0 aromatic rings. The summed E-state index contributed by atoms with van der Waals surface area (Å²) in [5.74, 6) is 0. The number of hydrogen-bond donors (Lipinski definition) is 1. The monoisotopic (exact) mass is 220 g/mol. The van der Waals surface area contributed by atoms with Gasteiger partial charge in [0, 0.05) is 19.5 Å². The van der Waals surface area contributed by atoms with Crippen LogP contribution in [0.4, 0.5) is 0 Å². The summed E-state index contributed by atoms with van der Waals surface area (Å²) >= 11 is 0. The average molecular weight is 220 g/mol. The lowest BCUT2D eigenvalue weighted by Gasteiger charge is -2.16. The van der Waals surface area contributed by atoms with Gasteiger partial charge in [-0.3, -0.25) is 4.57 Å². The van der Waals surface area contributed by atoms with Crippen LogP contribution < -0.4 is 0 Å². The molecule has 1 atom stereocenters. The first kappa shape index (κ1) is 11.9. The molecule has 5 heteroatoms. The molecule has 1 aliphatic rings. The Morgan fingerprint density at radius 3 is 2.64 bits per heavy atom. The molecule has 1 unspecified atom stereocenters. The van der Waals surface area contributed by atoms with Gasteiger partial charge in [-0.25, -0.2) is 0 Å². The molecule has 4 nitrogen and oxygen atoms in total. The Morgan fingerprint density at radius 2 is 2.07 bits per heavy atom. The van der Waals surface area contributed by atoms with E-state index in [0.717, 1.165) is 19.3 Å². The Balaban J connectivity index is 2.87. The lowest BCUT2D eigenvalue weighted by Crippen LogP contribution is -2.01. The Hall–Kier alpha value is -0.150. The number of hydrogen-bond acceptors (Lipinski definition) is 4. The summed E-state index contributed by atoms with van der Waals surface area (Å²) in [7, 11) is -0.394. The summed E-state index contributed by atoms with van der Waals surface area (Å²) < 4.78 is 21.7. The first-order chi connectivity index (χ1) is 6.62. The predicted molar refractivity (Wildman–Crippen MR) is 54.2 cm³/mol. The topological polar surface area (TPSA) is 55.8 Å². The summed E-state index contributed by atoms with van der Waals surface area (Å²) in [6.07, 6.45) is 4.34. The quantitative estimate of drug-likeness (QED) is 0.741. The maximum atomic E-state index is 12.0. The Labute approximate surface area is 84.4 Å². The second-order valence-corrected chi connectivity index (χ2v) is 5.63. The molecule has 1 aliphatic carbocycles. The van der Waals surface area contributed by atoms with Crippen LogP contribution in [0, 0.1) is 0 Å². The lowest BCUT2D eigenvalue weighted by molar-refractivity contribution is 0.210. The fraction of sp³-hybridized carbons (Fsp3) is 0.778. The molecule has 0 aliphatic heterocycles. The molecular formula is C9H17O4P.